The van der Waals surface area contributed by atoms with E-state index >= 15 is 0 Å². The van der Waals surface area contributed by atoms with Crippen LogP contribution in [0.4, 0.5) is 0 Å². The number of benzene rings is 4. The van der Waals surface area contributed by atoms with E-state index in [1.165, 1.54) is 43.8 Å². The van der Waals surface area contributed by atoms with Crippen LogP contribution in [-0.2, 0) is 0 Å². The van der Waals surface area contributed by atoms with Gasteiger partial charge in [0.1, 0.15) is 0 Å². The summed E-state index contributed by atoms with van der Waals surface area (Å²) in [4.78, 5) is 0. The first kappa shape index (κ1) is 13.1. The molecule has 0 fully saturated rings. The van der Waals surface area contributed by atoms with Crippen molar-refractivity contribution in [3.63, 3.8) is 0 Å². The van der Waals surface area contributed by atoms with Gasteiger partial charge in [0.15, 0.2) is 0 Å². The number of fused-ring (bicyclic) bond motifs is 2. The highest BCUT2D eigenvalue weighted by atomic mass is 14.1. The monoisotopic (exact) mass is 281 g/mol. The topological polar surface area (TPSA) is 0 Å². The van der Waals surface area contributed by atoms with Gasteiger partial charge in [-0.2, -0.15) is 0 Å². The van der Waals surface area contributed by atoms with E-state index in [-0.39, 0.29) is 0 Å². The highest BCUT2D eigenvalue weighted by Gasteiger charge is 2.11. The van der Waals surface area contributed by atoms with Crippen molar-refractivity contribution in [2.75, 3.05) is 0 Å². The summed E-state index contributed by atoms with van der Waals surface area (Å²) in [5.41, 5.74) is 5.10. The van der Waals surface area contributed by atoms with Gasteiger partial charge in [0.25, 0.3) is 0 Å². The van der Waals surface area contributed by atoms with Crippen LogP contribution < -0.4 is 0 Å². The first-order chi connectivity index (χ1) is 10.7. The number of aryl methyl sites for hydroxylation is 2. The lowest BCUT2D eigenvalue weighted by molar-refractivity contribution is 1.44. The van der Waals surface area contributed by atoms with Crippen molar-refractivity contribution in [2.45, 2.75) is 13.8 Å². The summed E-state index contributed by atoms with van der Waals surface area (Å²) in [5.74, 6) is 0. The van der Waals surface area contributed by atoms with Crippen LogP contribution >= 0.6 is 0 Å². The molecule has 4 rings (SSSR count). The molecule has 4 aromatic rings. The lowest BCUT2D eigenvalue weighted by Crippen LogP contribution is -1.90. The zero-order chi connectivity index (χ0) is 15.1. The fourth-order valence-electron chi connectivity index (χ4n) is 3.25. The van der Waals surface area contributed by atoms with Gasteiger partial charge in [0.05, 0.1) is 0 Å². The Morgan fingerprint density at radius 2 is 1.41 bits per heavy atom. The molecule has 0 N–H and O–H groups in total. The van der Waals surface area contributed by atoms with Gasteiger partial charge in [-0.25, -0.2) is 0 Å². The molecule has 0 aromatic heterocycles. The molecule has 0 nitrogen and oxygen atoms in total. The molecule has 0 heterocycles. The molecule has 1 radical (unpaired) electrons. The summed E-state index contributed by atoms with van der Waals surface area (Å²) in [5, 5.41) is 5.01. The molecule has 0 amide bonds. The van der Waals surface area contributed by atoms with Gasteiger partial charge in [0.2, 0.25) is 0 Å². The largest absolute Gasteiger partial charge is 0.0616 e. The van der Waals surface area contributed by atoms with Crippen LogP contribution in [0, 0.1) is 19.9 Å². The predicted molar refractivity (Wildman–Crippen MR) is 95.2 cm³/mol. The van der Waals surface area contributed by atoms with Crippen molar-refractivity contribution in [1.29, 1.82) is 0 Å². The molecular formula is C22H17. The van der Waals surface area contributed by atoms with Crippen LogP contribution in [0.15, 0.2) is 66.7 Å². The molecule has 0 unspecified atom stereocenters. The molecular weight excluding hydrogens is 264 g/mol. The van der Waals surface area contributed by atoms with Crippen LogP contribution in [0.5, 0.6) is 0 Å². The van der Waals surface area contributed by atoms with Gasteiger partial charge in [-0.15, -0.1) is 0 Å². The molecule has 0 saturated carbocycles. The maximum absolute atomic E-state index is 3.64. The van der Waals surface area contributed by atoms with E-state index in [0.29, 0.717) is 0 Å². The lowest BCUT2D eigenvalue weighted by atomic mass is 9.90. The van der Waals surface area contributed by atoms with Gasteiger partial charge in [-0.1, -0.05) is 66.7 Å². The Bertz CT molecular complexity index is 993. The molecule has 0 atom stereocenters. The maximum Gasteiger partial charge on any atom is -0.00112 e. The van der Waals surface area contributed by atoms with Gasteiger partial charge < -0.3 is 0 Å². The molecule has 0 aliphatic heterocycles. The third-order valence-corrected chi connectivity index (χ3v) is 4.37. The van der Waals surface area contributed by atoms with Crippen molar-refractivity contribution in [1.82, 2.24) is 0 Å². The Balaban J connectivity index is 2.11. The third kappa shape index (κ3) is 2.00. The number of rotatable bonds is 1. The Hall–Kier alpha value is -2.60. The molecule has 0 aliphatic rings. The number of hydrogen-bond donors (Lipinski definition) is 0. The molecule has 0 saturated heterocycles. The smallest absolute Gasteiger partial charge is 0.00112 e. The van der Waals surface area contributed by atoms with Crippen molar-refractivity contribution in [2.24, 2.45) is 0 Å². The van der Waals surface area contributed by atoms with Gasteiger partial charge in [-0.3, -0.25) is 0 Å². The summed E-state index contributed by atoms with van der Waals surface area (Å²) < 4.78 is 0. The maximum atomic E-state index is 3.64. The summed E-state index contributed by atoms with van der Waals surface area (Å²) >= 11 is 0. The summed E-state index contributed by atoms with van der Waals surface area (Å²) in [7, 11) is 0. The fourth-order valence-corrected chi connectivity index (χ4v) is 3.25. The average Bonchev–Trinajstić information content (AvgIpc) is 2.54. The standard InChI is InChI=1S/C22H17/c1-15-11-12-17-7-5-6-10-20(17)22(15)21-14-19-9-4-3-8-18(19)13-16(21)2/h3-13H,1-2H3. The minimum absolute atomic E-state index is 1.18. The van der Waals surface area contributed by atoms with Crippen LogP contribution in [0.1, 0.15) is 11.1 Å². The molecule has 0 heteroatoms. The van der Waals surface area contributed by atoms with Crippen molar-refractivity contribution in [3.8, 4) is 11.1 Å². The second-order valence-corrected chi connectivity index (χ2v) is 5.89. The molecule has 4 aromatic carbocycles. The summed E-state index contributed by atoms with van der Waals surface area (Å²) in [6, 6.07) is 27.4. The molecule has 22 heavy (non-hydrogen) atoms. The van der Waals surface area contributed by atoms with E-state index in [1.807, 2.05) is 0 Å². The van der Waals surface area contributed by atoms with Crippen LogP contribution in [0.3, 0.4) is 0 Å². The molecule has 0 bridgehead atoms. The second-order valence-electron chi connectivity index (χ2n) is 5.89. The minimum Gasteiger partial charge on any atom is -0.0616 e. The lowest BCUT2D eigenvalue weighted by Gasteiger charge is -2.14. The van der Waals surface area contributed by atoms with E-state index in [0.717, 1.165) is 0 Å². The predicted octanol–water partition coefficient (Wildman–Crippen LogP) is 6.08. The van der Waals surface area contributed by atoms with Crippen LogP contribution in [-0.4, -0.2) is 0 Å². The second kappa shape index (κ2) is 4.99. The normalized spacial score (nSPS) is 11.2. The van der Waals surface area contributed by atoms with Gasteiger partial charge >= 0.3 is 0 Å². The van der Waals surface area contributed by atoms with Crippen molar-refractivity contribution in [3.05, 3.63) is 83.9 Å². The minimum atomic E-state index is 1.18. The van der Waals surface area contributed by atoms with Crippen molar-refractivity contribution >= 4 is 21.5 Å². The van der Waals surface area contributed by atoms with E-state index in [4.69, 9.17) is 0 Å². The van der Waals surface area contributed by atoms with E-state index in [2.05, 4.69) is 86.6 Å². The highest BCUT2D eigenvalue weighted by molar-refractivity contribution is 6.01. The zero-order valence-electron chi connectivity index (χ0n) is 12.9. The fraction of sp³-hybridized carbons (Fsp3) is 0.0909. The summed E-state index contributed by atoms with van der Waals surface area (Å²) in [6.45, 7) is 4.36. The number of hydrogen-bond acceptors (Lipinski definition) is 0. The molecule has 105 valence electrons. The van der Waals surface area contributed by atoms with Gasteiger partial charge in [-0.05, 0) is 63.7 Å². The van der Waals surface area contributed by atoms with E-state index < -0.39 is 0 Å². The third-order valence-electron chi connectivity index (χ3n) is 4.37. The van der Waals surface area contributed by atoms with Crippen LogP contribution in [0.25, 0.3) is 32.7 Å². The van der Waals surface area contributed by atoms with E-state index in [9.17, 15) is 0 Å². The molecule has 0 aliphatic carbocycles. The highest BCUT2D eigenvalue weighted by Crippen LogP contribution is 2.35. The first-order valence-corrected chi connectivity index (χ1v) is 7.64. The SMILES string of the molecule is Cc1cc2ccccc2[c]c1-c1c(C)ccc2ccccc12. The van der Waals surface area contributed by atoms with Crippen molar-refractivity contribution < 1.29 is 0 Å². The van der Waals surface area contributed by atoms with E-state index in [1.54, 1.807) is 0 Å². The van der Waals surface area contributed by atoms with Crippen LogP contribution in [0.2, 0.25) is 0 Å². The summed E-state index contributed by atoms with van der Waals surface area (Å²) in [6.07, 6.45) is 0. The first-order valence-electron chi connectivity index (χ1n) is 7.64. The average molecular weight is 281 g/mol. The quantitative estimate of drug-likeness (QED) is 0.397. The zero-order valence-corrected chi connectivity index (χ0v) is 12.9. The Labute approximate surface area is 131 Å². The Morgan fingerprint density at radius 3 is 2.27 bits per heavy atom. The molecule has 0 spiro atoms. The van der Waals surface area contributed by atoms with Gasteiger partial charge in [0, 0.05) is 0 Å². The Morgan fingerprint density at radius 1 is 0.682 bits per heavy atom. The Kier molecular flexibility index (Phi) is 2.97.